The first-order valence-corrected chi connectivity index (χ1v) is 4.53. The number of aryl methyl sites for hydroxylation is 2. The highest BCUT2D eigenvalue weighted by atomic mass is 35.5. The quantitative estimate of drug-likeness (QED) is 0.672. The van der Waals surface area contributed by atoms with Gasteiger partial charge in [0.15, 0.2) is 5.82 Å². The number of imidazole rings is 1. The lowest BCUT2D eigenvalue weighted by atomic mass is 10.2. The van der Waals surface area contributed by atoms with Crippen molar-refractivity contribution >= 4 is 11.6 Å². The largest absolute Gasteiger partial charge is 0.333 e. The standard InChI is InChI=1S/C9H9ClN4/c1-6-5-12-9(10)13-7(6)8-11-3-4-14(8)2/h3-5H,1-2H3. The Kier molecular flexibility index (Phi) is 2.21. The van der Waals surface area contributed by atoms with Gasteiger partial charge in [-0.05, 0) is 24.1 Å². The van der Waals surface area contributed by atoms with E-state index in [4.69, 9.17) is 11.6 Å². The molecule has 0 radical (unpaired) electrons. The molecule has 0 fully saturated rings. The Balaban J connectivity index is 2.62. The van der Waals surface area contributed by atoms with Crippen molar-refractivity contribution in [2.75, 3.05) is 0 Å². The minimum atomic E-state index is 0.244. The van der Waals surface area contributed by atoms with Crippen LogP contribution < -0.4 is 0 Å². The van der Waals surface area contributed by atoms with Crippen molar-refractivity contribution in [3.8, 4) is 11.5 Å². The Morgan fingerprint density at radius 1 is 1.36 bits per heavy atom. The Hall–Kier alpha value is -1.42. The number of rotatable bonds is 1. The van der Waals surface area contributed by atoms with Crippen LogP contribution in [0.25, 0.3) is 11.5 Å². The van der Waals surface area contributed by atoms with E-state index in [2.05, 4.69) is 15.0 Å². The molecule has 2 aromatic heterocycles. The Morgan fingerprint density at radius 3 is 2.79 bits per heavy atom. The molecule has 2 heterocycles. The van der Waals surface area contributed by atoms with Crippen LogP contribution in [0.4, 0.5) is 0 Å². The van der Waals surface area contributed by atoms with Gasteiger partial charge in [-0.1, -0.05) is 0 Å². The van der Waals surface area contributed by atoms with Gasteiger partial charge in [-0.25, -0.2) is 15.0 Å². The first-order valence-electron chi connectivity index (χ1n) is 4.15. The van der Waals surface area contributed by atoms with Crippen LogP contribution in [-0.4, -0.2) is 19.5 Å². The second-order valence-electron chi connectivity index (χ2n) is 3.03. The summed E-state index contributed by atoms with van der Waals surface area (Å²) in [6.07, 6.45) is 5.29. The van der Waals surface area contributed by atoms with Crippen LogP contribution in [0.15, 0.2) is 18.6 Å². The van der Waals surface area contributed by atoms with E-state index in [0.29, 0.717) is 0 Å². The highest BCUT2D eigenvalue weighted by Gasteiger charge is 2.09. The summed E-state index contributed by atoms with van der Waals surface area (Å²) < 4.78 is 1.89. The molecule has 4 nitrogen and oxygen atoms in total. The van der Waals surface area contributed by atoms with Crippen molar-refractivity contribution in [3.63, 3.8) is 0 Å². The summed E-state index contributed by atoms with van der Waals surface area (Å²) >= 11 is 5.73. The SMILES string of the molecule is Cc1cnc(Cl)nc1-c1nccn1C. The van der Waals surface area contributed by atoms with Crippen molar-refractivity contribution in [2.45, 2.75) is 6.92 Å². The molecule has 0 saturated carbocycles. The van der Waals surface area contributed by atoms with Crippen LogP contribution in [-0.2, 0) is 7.05 Å². The lowest BCUT2D eigenvalue weighted by molar-refractivity contribution is 0.912. The van der Waals surface area contributed by atoms with Crippen molar-refractivity contribution in [1.82, 2.24) is 19.5 Å². The van der Waals surface area contributed by atoms with Gasteiger partial charge in [0.05, 0.1) is 0 Å². The third-order valence-electron chi connectivity index (χ3n) is 1.98. The lowest BCUT2D eigenvalue weighted by Crippen LogP contribution is -1.97. The maximum absolute atomic E-state index is 5.73. The number of hydrogen-bond donors (Lipinski definition) is 0. The molecule has 0 atom stereocenters. The predicted molar refractivity (Wildman–Crippen MR) is 54.0 cm³/mol. The summed E-state index contributed by atoms with van der Waals surface area (Å²) in [5.74, 6) is 0.798. The molecule has 0 aromatic carbocycles. The van der Waals surface area contributed by atoms with Gasteiger partial charge < -0.3 is 4.57 Å². The lowest BCUT2D eigenvalue weighted by Gasteiger charge is -2.03. The Labute approximate surface area is 86.6 Å². The predicted octanol–water partition coefficient (Wildman–Crippen LogP) is 1.84. The molecule has 0 aliphatic rings. The van der Waals surface area contributed by atoms with Crippen LogP contribution in [0.2, 0.25) is 5.28 Å². The topological polar surface area (TPSA) is 43.6 Å². The van der Waals surface area contributed by atoms with Crippen LogP contribution in [0, 0.1) is 6.92 Å². The molecular weight excluding hydrogens is 200 g/mol. The fourth-order valence-corrected chi connectivity index (χ4v) is 1.37. The summed E-state index contributed by atoms with van der Waals surface area (Å²) in [4.78, 5) is 12.2. The first-order chi connectivity index (χ1) is 6.68. The number of hydrogen-bond acceptors (Lipinski definition) is 3. The highest BCUT2D eigenvalue weighted by molar-refractivity contribution is 6.28. The van der Waals surface area contributed by atoms with Gasteiger partial charge in [0.25, 0.3) is 0 Å². The van der Waals surface area contributed by atoms with E-state index in [0.717, 1.165) is 17.1 Å². The second-order valence-corrected chi connectivity index (χ2v) is 3.37. The monoisotopic (exact) mass is 208 g/mol. The molecule has 5 heteroatoms. The van der Waals surface area contributed by atoms with Crippen molar-refractivity contribution in [3.05, 3.63) is 29.4 Å². The first kappa shape index (κ1) is 9.15. The maximum Gasteiger partial charge on any atom is 0.223 e. The average Bonchev–Trinajstić information content (AvgIpc) is 2.56. The molecule has 0 unspecified atom stereocenters. The number of halogens is 1. The van der Waals surface area contributed by atoms with Crippen molar-refractivity contribution in [1.29, 1.82) is 0 Å². The molecule has 2 rings (SSSR count). The molecule has 0 aliphatic carbocycles. The van der Waals surface area contributed by atoms with E-state index < -0.39 is 0 Å². The molecule has 2 aromatic rings. The van der Waals surface area contributed by atoms with E-state index in [1.807, 2.05) is 24.7 Å². The number of aromatic nitrogens is 4. The van der Waals surface area contributed by atoms with Gasteiger partial charge in [-0.3, -0.25) is 0 Å². The van der Waals surface area contributed by atoms with E-state index >= 15 is 0 Å². The average molecular weight is 209 g/mol. The highest BCUT2D eigenvalue weighted by Crippen LogP contribution is 2.18. The number of nitrogens with zero attached hydrogens (tertiary/aromatic N) is 4. The van der Waals surface area contributed by atoms with E-state index in [9.17, 15) is 0 Å². The molecule has 72 valence electrons. The van der Waals surface area contributed by atoms with Crippen LogP contribution >= 0.6 is 11.6 Å². The summed E-state index contributed by atoms with van der Waals surface area (Å²) in [6, 6.07) is 0. The maximum atomic E-state index is 5.73. The molecule has 0 saturated heterocycles. The normalized spacial score (nSPS) is 10.5. The van der Waals surface area contributed by atoms with E-state index in [1.165, 1.54) is 0 Å². The fourth-order valence-electron chi connectivity index (χ4n) is 1.24. The molecule has 14 heavy (non-hydrogen) atoms. The van der Waals surface area contributed by atoms with Gasteiger partial charge in [0.1, 0.15) is 5.69 Å². The van der Waals surface area contributed by atoms with Crippen LogP contribution in [0.5, 0.6) is 0 Å². The zero-order valence-electron chi connectivity index (χ0n) is 7.90. The zero-order valence-corrected chi connectivity index (χ0v) is 8.65. The molecular formula is C9H9ClN4. The van der Waals surface area contributed by atoms with E-state index in [1.54, 1.807) is 12.4 Å². The molecule has 0 aliphatic heterocycles. The molecule has 0 bridgehead atoms. The third kappa shape index (κ3) is 1.48. The van der Waals surface area contributed by atoms with E-state index in [-0.39, 0.29) is 5.28 Å². The minimum Gasteiger partial charge on any atom is -0.333 e. The van der Waals surface area contributed by atoms with Gasteiger partial charge in [-0.15, -0.1) is 0 Å². The molecule has 0 spiro atoms. The van der Waals surface area contributed by atoms with Crippen molar-refractivity contribution < 1.29 is 0 Å². The fraction of sp³-hybridized carbons (Fsp3) is 0.222. The molecule has 0 amide bonds. The second kappa shape index (κ2) is 3.38. The third-order valence-corrected chi connectivity index (χ3v) is 2.16. The summed E-state index contributed by atoms with van der Waals surface area (Å²) in [7, 11) is 1.91. The van der Waals surface area contributed by atoms with Gasteiger partial charge >= 0.3 is 0 Å². The van der Waals surface area contributed by atoms with Crippen molar-refractivity contribution in [2.24, 2.45) is 7.05 Å². The summed E-state index contributed by atoms with van der Waals surface area (Å²) in [5.41, 5.74) is 1.74. The summed E-state index contributed by atoms with van der Waals surface area (Å²) in [5, 5.41) is 0.244. The minimum absolute atomic E-state index is 0.244. The zero-order chi connectivity index (χ0) is 10.1. The van der Waals surface area contributed by atoms with Crippen LogP contribution in [0.3, 0.4) is 0 Å². The smallest absolute Gasteiger partial charge is 0.223 e. The molecule has 0 N–H and O–H groups in total. The van der Waals surface area contributed by atoms with Gasteiger partial charge in [0.2, 0.25) is 5.28 Å². The van der Waals surface area contributed by atoms with Gasteiger partial charge in [-0.2, -0.15) is 0 Å². The van der Waals surface area contributed by atoms with Gasteiger partial charge in [0, 0.05) is 25.6 Å². The van der Waals surface area contributed by atoms with Crippen LogP contribution in [0.1, 0.15) is 5.56 Å². The summed E-state index contributed by atoms with van der Waals surface area (Å²) in [6.45, 7) is 1.93. The Bertz CT molecular complexity index is 464. The Morgan fingerprint density at radius 2 is 2.14 bits per heavy atom.